The standard InChI is InChI=1S/C19H18IN3O3/c1-12-7-3-4-8-13(12)19(2)17(25)23(18(26)22-19)11-16(24)21-15-10-6-5-9-14(15)20/h3-10H,11H2,1-2H3,(H,21,24)(H,22,26). The van der Waals surface area contributed by atoms with Crippen LogP contribution < -0.4 is 10.6 Å². The molecule has 1 aliphatic rings. The largest absolute Gasteiger partial charge is 0.325 e. The number of halogens is 1. The summed E-state index contributed by atoms with van der Waals surface area (Å²) >= 11 is 2.11. The summed E-state index contributed by atoms with van der Waals surface area (Å²) < 4.78 is 0.875. The summed E-state index contributed by atoms with van der Waals surface area (Å²) in [7, 11) is 0. The van der Waals surface area contributed by atoms with E-state index in [1.54, 1.807) is 19.1 Å². The van der Waals surface area contributed by atoms with Crippen LogP contribution in [0.25, 0.3) is 0 Å². The van der Waals surface area contributed by atoms with Crippen molar-refractivity contribution in [3.63, 3.8) is 0 Å². The summed E-state index contributed by atoms with van der Waals surface area (Å²) in [4.78, 5) is 38.6. The minimum absolute atomic E-state index is 0.336. The Morgan fingerprint density at radius 3 is 2.50 bits per heavy atom. The Labute approximate surface area is 165 Å². The molecule has 3 rings (SSSR count). The molecule has 0 bridgehead atoms. The number of carbonyl (C=O) groups is 3. The number of aryl methyl sites for hydroxylation is 1. The Hall–Kier alpha value is -2.42. The average Bonchev–Trinajstić information content (AvgIpc) is 2.81. The van der Waals surface area contributed by atoms with E-state index < -0.39 is 23.4 Å². The predicted octanol–water partition coefficient (Wildman–Crippen LogP) is 3.01. The lowest BCUT2D eigenvalue weighted by molar-refractivity contribution is -0.133. The van der Waals surface area contributed by atoms with Gasteiger partial charge in [0.2, 0.25) is 5.91 Å². The summed E-state index contributed by atoms with van der Waals surface area (Å²) in [6, 6.07) is 14.1. The van der Waals surface area contributed by atoms with Crippen LogP contribution in [-0.4, -0.2) is 29.3 Å². The van der Waals surface area contributed by atoms with E-state index in [0.717, 1.165) is 19.6 Å². The first-order valence-corrected chi connectivity index (χ1v) is 9.15. The minimum Gasteiger partial charge on any atom is -0.324 e. The van der Waals surface area contributed by atoms with E-state index >= 15 is 0 Å². The van der Waals surface area contributed by atoms with Crippen LogP contribution >= 0.6 is 22.6 Å². The third kappa shape index (κ3) is 3.31. The smallest absolute Gasteiger partial charge is 0.324 e. The molecule has 0 radical (unpaired) electrons. The van der Waals surface area contributed by atoms with Crippen molar-refractivity contribution in [2.45, 2.75) is 19.4 Å². The first kappa shape index (κ1) is 18.4. The van der Waals surface area contributed by atoms with Crippen molar-refractivity contribution in [3.8, 4) is 0 Å². The second kappa shape index (κ2) is 7.06. The number of benzene rings is 2. The fourth-order valence-electron chi connectivity index (χ4n) is 3.05. The van der Waals surface area contributed by atoms with Crippen molar-refractivity contribution < 1.29 is 14.4 Å². The van der Waals surface area contributed by atoms with Gasteiger partial charge in [-0.15, -0.1) is 0 Å². The monoisotopic (exact) mass is 463 g/mol. The summed E-state index contributed by atoms with van der Waals surface area (Å²) in [5, 5.41) is 5.46. The molecule has 1 unspecified atom stereocenters. The Bertz CT molecular complexity index is 899. The highest BCUT2D eigenvalue weighted by Crippen LogP contribution is 2.30. The zero-order chi connectivity index (χ0) is 18.9. The van der Waals surface area contributed by atoms with Crippen LogP contribution in [0.2, 0.25) is 0 Å². The van der Waals surface area contributed by atoms with E-state index in [9.17, 15) is 14.4 Å². The number of nitrogens with one attached hydrogen (secondary N) is 2. The predicted molar refractivity (Wildman–Crippen MR) is 107 cm³/mol. The Morgan fingerprint density at radius 1 is 1.15 bits per heavy atom. The van der Waals surface area contributed by atoms with Crippen molar-refractivity contribution in [1.29, 1.82) is 0 Å². The number of rotatable bonds is 4. The van der Waals surface area contributed by atoms with Gasteiger partial charge >= 0.3 is 6.03 Å². The molecule has 6 nitrogen and oxygen atoms in total. The molecule has 2 aromatic rings. The molecule has 2 aromatic carbocycles. The van der Waals surface area contributed by atoms with Crippen molar-refractivity contribution in [1.82, 2.24) is 10.2 Å². The molecule has 134 valence electrons. The highest BCUT2D eigenvalue weighted by Gasteiger charge is 2.49. The number of anilines is 1. The molecular weight excluding hydrogens is 445 g/mol. The van der Waals surface area contributed by atoms with Crippen molar-refractivity contribution in [2.24, 2.45) is 0 Å². The second-order valence-corrected chi connectivity index (χ2v) is 7.45. The normalized spacial score (nSPS) is 19.4. The van der Waals surface area contributed by atoms with E-state index in [1.165, 1.54) is 0 Å². The molecule has 7 heteroatoms. The number of nitrogens with zero attached hydrogens (tertiary/aromatic N) is 1. The number of imide groups is 1. The van der Waals surface area contributed by atoms with Crippen LogP contribution in [-0.2, 0) is 15.1 Å². The van der Waals surface area contributed by atoms with Gasteiger partial charge in [0, 0.05) is 3.57 Å². The molecule has 1 fully saturated rings. The molecule has 1 aliphatic heterocycles. The molecule has 1 heterocycles. The van der Waals surface area contributed by atoms with Crippen molar-refractivity contribution in [2.75, 3.05) is 11.9 Å². The topological polar surface area (TPSA) is 78.5 Å². The molecule has 0 aliphatic carbocycles. The van der Waals surface area contributed by atoms with Gasteiger partial charge in [-0.25, -0.2) is 4.79 Å². The number of urea groups is 1. The Balaban J connectivity index is 1.78. The van der Waals surface area contributed by atoms with Gasteiger partial charge in [-0.1, -0.05) is 36.4 Å². The molecule has 0 spiro atoms. The summed E-state index contributed by atoms with van der Waals surface area (Å²) in [5.74, 6) is -0.860. The number of para-hydroxylation sites is 1. The first-order valence-electron chi connectivity index (χ1n) is 8.07. The first-order chi connectivity index (χ1) is 12.3. The number of hydrogen-bond donors (Lipinski definition) is 2. The molecule has 26 heavy (non-hydrogen) atoms. The summed E-state index contributed by atoms with van der Waals surface area (Å²) in [5.41, 5.74) is 1.09. The maximum atomic E-state index is 12.9. The van der Waals surface area contributed by atoms with Gasteiger partial charge < -0.3 is 10.6 Å². The molecule has 2 N–H and O–H groups in total. The third-order valence-electron chi connectivity index (χ3n) is 4.41. The lowest BCUT2D eigenvalue weighted by atomic mass is 9.88. The number of hydrogen-bond acceptors (Lipinski definition) is 3. The van der Waals surface area contributed by atoms with Crippen LogP contribution in [0.3, 0.4) is 0 Å². The minimum atomic E-state index is -1.18. The van der Waals surface area contributed by atoms with Crippen molar-refractivity contribution in [3.05, 3.63) is 63.2 Å². The number of carbonyl (C=O) groups excluding carboxylic acids is 3. The zero-order valence-corrected chi connectivity index (χ0v) is 16.5. The van der Waals surface area contributed by atoms with Crippen LogP contribution in [0.15, 0.2) is 48.5 Å². The third-order valence-corrected chi connectivity index (χ3v) is 5.35. The van der Waals surface area contributed by atoms with Crippen LogP contribution in [0.1, 0.15) is 18.1 Å². The highest BCUT2D eigenvalue weighted by atomic mass is 127. The highest BCUT2D eigenvalue weighted by molar-refractivity contribution is 14.1. The lowest BCUT2D eigenvalue weighted by Gasteiger charge is -2.24. The van der Waals surface area contributed by atoms with Crippen molar-refractivity contribution >= 4 is 46.1 Å². The average molecular weight is 463 g/mol. The molecule has 0 saturated carbocycles. The second-order valence-electron chi connectivity index (χ2n) is 6.29. The number of amides is 4. The van der Waals surface area contributed by atoms with Crippen LogP contribution in [0.4, 0.5) is 10.5 Å². The molecular formula is C19H18IN3O3. The van der Waals surface area contributed by atoms with E-state index in [-0.39, 0.29) is 6.54 Å². The molecule has 0 aromatic heterocycles. The molecule has 4 amide bonds. The lowest BCUT2D eigenvalue weighted by Crippen LogP contribution is -2.42. The van der Waals surface area contributed by atoms with Crippen LogP contribution in [0.5, 0.6) is 0 Å². The molecule has 1 saturated heterocycles. The van der Waals surface area contributed by atoms with E-state index in [2.05, 4.69) is 33.2 Å². The van der Waals surface area contributed by atoms with Gasteiger partial charge in [0.05, 0.1) is 5.69 Å². The van der Waals surface area contributed by atoms with Crippen LogP contribution in [0, 0.1) is 10.5 Å². The molecule has 1 atom stereocenters. The summed E-state index contributed by atoms with van der Waals surface area (Å²) in [6.45, 7) is 3.21. The van der Waals surface area contributed by atoms with Gasteiger partial charge in [-0.2, -0.15) is 0 Å². The maximum absolute atomic E-state index is 12.9. The maximum Gasteiger partial charge on any atom is 0.325 e. The zero-order valence-electron chi connectivity index (χ0n) is 14.4. The quantitative estimate of drug-likeness (QED) is 0.541. The van der Waals surface area contributed by atoms with E-state index in [0.29, 0.717) is 5.69 Å². The van der Waals surface area contributed by atoms with Gasteiger partial charge in [0.25, 0.3) is 5.91 Å². The SMILES string of the molecule is Cc1ccccc1C1(C)NC(=O)N(CC(=O)Nc2ccccc2I)C1=O. The summed E-state index contributed by atoms with van der Waals surface area (Å²) in [6.07, 6.45) is 0. The van der Waals surface area contributed by atoms with Gasteiger partial charge in [-0.3, -0.25) is 14.5 Å². The Morgan fingerprint density at radius 2 is 1.81 bits per heavy atom. The van der Waals surface area contributed by atoms with Gasteiger partial charge in [0.1, 0.15) is 12.1 Å². The van der Waals surface area contributed by atoms with Gasteiger partial charge in [-0.05, 0) is 59.7 Å². The fraction of sp³-hybridized carbons (Fsp3) is 0.211. The van der Waals surface area contributed by atoms with E-state index in [4.69, 9.17) is 0 Å². The fourth-order valence-corrected chi connectivity index (χ4v) is 3.58. The van der Waals surface area contributed by atoms with Gasteiger partial charge in [0.15, 0.2) is 0 Å². The Kier molecular flexibility index (Phi) is 4.99. The van der Waals surface area contributed by atoms with E-state index in [1.807, 2.05) is 43.3 Å².